The average molecular weight is 310 g/mol. The molecule has 0 aliphatic carbocycles. The summed E-state index contributed by atoms with van der Waals surface area (Å²) in [5.74, 6) is -0.214. The van der Waals surface area contributed by atoms with Gasteiger partial charge in [-0.1, -0.05) is 18.2 Å². The summed E-state index contributed by atoms with van der Waals surface area (Å²) in [6.07, 6.45) is 0. The van der Waals surface area contributed by atoms with Gasteiger partial charge in [-0.25, -0.2) is 4.79 Å². The number of hydrogen-bond donors (Lipinski definition) is 0. The summed E-state index contributed by atoms with van der Waals surface area (Å²) in [4.78, 5) is 12.4. The number of ether oxygens (including phenoxy) is 1. The zero-order valence-electron chi connectivity index (χ0n) is 12.2. The lowest BCUT2D eigenvalue weighted by Gasteiger charge is -2.05. The first-order valence-corrected chi connectivity index (χ1v) is 7.68. The van der Waals surface area contributed by atoms with Crippen LogP contribution in [0.2, 0.25) is 0 Å². The molecule has 0 radical (unpaired) electrons. The SMILES string of the molecule is Cc1ccc(-c2ccc(OC(=O)c3cccs3)nn2)cc1C. The largest absolute Gasteiger partial charge is 0.402 e. The van der Waals surface area contributed by atoms with Gasteiger partial charge >= 0.3 is 5.97 Å². The lowest BCUT2D eigenvalue weighted by atomic mass is 10.0. The van der Waals surface area contributed by atoms with Crippen LogP contribution < -0.4 is 4.74 Å². The smallest absolute Gasteiger partial charge is 0.355 e. The predicted molar refractivity (Wildman–Crippen MR) is 86.2 cm³/mol. The average Bonchev–Trinajstić information content (AvgIpc) is 3.05. The molecule has 2 heterocycles. The maximum absolute atomic E-state index is 11.8. The molecule has 0 fully saturated rings. The molecule has 110 valence electrons. The highest BCUT2D eigenvalue weighted by molar-refractivity contribution is 7.12. The third-order valence-corrected chi connectivity index (χ3v) is 4.21. The molecule has 22 heavy (non-hydrogen) atoms. The first kappa shape index (κ1) is 14.4. The zero-order valence-corrected chi connectivity index (χ0v) is 13.1. The number of esters is 1. The van der Waals surface area contributed by atoms with Crippen molar-refractivity contribution in [2.24, 2.45) is 0 Å². The Hall–Kier alpha value is -2.53. The standard InChI is InChI=1S/C17H14N2O2S/c1-11-5-6-13(10-12(11)2)14-7-8-16(19-18-14)21-17(20)15-4-3-9-22-15/h3-10H,1-2H3. The maximum atomic E-state index is 11.8. The number of carbonyl (C=O) groups excluding carboxylic acids is 1. The van der Waals surface area contributed by atoms with Crippen LogP contribution >= 0.6 is 11.3 Å². The number of aryl methyl sites for hydroxylation is 2. The molecule has 1 aromatic carbocycles. The van der Waals surface area contributed by atoms with Crippen LogP contribution in [0.4, 0.5) is 0 Å². The van der Waals surface area contributed by atoms with Crippen LogP contribution in [0.15, 0.2) is 47.8 Å². The minimum absolute atomic E-state index is 0.200. The van der Waals surface area contributed by atoms with Crippen LogP contribution in [0.1, 0.15) is 20.8 Å². The number of hydrogen-bond acceptors (Lipinski definition) is 5. The molecule has 2 aromatic heterocycles. The molecule has 4 nitrogen and oxygen atoms in total. The van der Waals surface area contributed by atoms with Crippen LogP contribution in [-0.4, -0.2) is 16.2 Å². The van der Waals surface area contributed by atoms with Crippen molar-refractivity contribution in [2.75, 3.05) is 0 Å². The lowest BCUT2D eigenvalue weighted by molar-refractivity contribution is 0.0731. The maximum Gasteiger partial charge on any atom is 0.355 e. The molecule has 0 unspecified atom stereocenters. The minimum Gasteiger partial charge on any atom is -0.402 e. The molecular formula is C17H14N2O2S. The molecule has 0 aliphatic rings. The van der Waals surface area contributed by atoms with E-state index in [0.29, 0.717) is 4.88 Å². The third-order valence-electron chi connectivity index (χ3n) is 3.36. The Balaban J connectivity index is 1.77. The van der Waals surface area contributed by atoms with E-state index in [1.807, 2.05) is 11.4 Å². The summed E-state index contributed by atoms with van der Waals surface area (Å²) in [6, 6.07) is 13.1. The van der Waals surface area contributed by atoms with Gasteiger partial charge in [0.2, 0.25) is 5.88 Å². The summed E-state index contributed by atoms with van der Waals surface area (Å²) in [6.45, 7) is 4.13. The number of carbonyl (C=O) groups is 1. The van der Waals surface area contributed by atoms with Crippen molar-refractivity contribution in [3.8, 4) is 17.1 Å². The Morgan fingerprint density at radius 2 is 1.91 bits per heavy atom. The molecule has 5 heteroatoms. The van der Waals surface area contributed by atoms with Crippen molar-refractivity contribution >= 4 is 17.3 Å². The van der Waals surface area contributed by atoms with Gasteiger partial charge in [-0.05, 0) is 48.6 Å². The molecule has 0 N–H and O–H groups in total. The monoisotopic (exact) mass is 310 g/mol. The van der Waals surface area contributed by atoms with E-state index in [4.69, 9.17) is 4.74 Å². The Labute approximate surface area is 132 Å². The van der Waals surface area contributed by atoms with Gasteiger partial charge in [0.25, 0.3) is 0 Å². The summed E-state index contributed by atoms with van der Waals surface area (Å²) in [5, 5.41) is 9.92. The Kier molecular flexibility index (Phi) is 3.98. The quantitative estimate of drug-likeness (QED) is 0.685. The molecular weight excluding hydrogens is 296 g/mol. The van der Waals surface area contributed by atoms with E-state index in [9.17, 15) is 4.79 Å². The topological polar surface area (TPSA) is 52.1 Å². The van der Waals surface area contributed by atoms with Crippen molar-refractivity contribution in [1.29, 1.82) is 0 Å². The van der Waals surface area contributed by atoms with E-state index in [0.717, 1.165) is 11.3 Å². The highest BCUT2D eigenvalue weighted by Crippen LogP contribution is 2.21. The number of thiophene rings is 1. The van der Waals surface area contributed by atoms with Gasteiger partial charge in [0.1, 0.15) is 4.88 Å². The lowest BCUT2D eigenvalue weighted by Crippen LogP contribution is -2.08. The van der Waals surface area contributed by atoms with E-state index in [1.165, 1.54) is 22.5 Å². The summed E-state index contributed by atoms with van der Waals surface area (Å²) in [7, 11) is 0. The molecule has 3 rings (SSSR count). The number of nitrogens with zero attached hydrogens (tertiary/aromatic N) is 2. The van der Waals surface area contributed by atoms with Gasteiger partial charge in [-0.3, -0.25) is 0 Å². The second-order valence-corrected chi connectivity index (χ2v) is 5.87. The number of aromatic nitrogens is 2. The molecule has 0 spiro atoms. The molecule has 0 saturated heterocycles. The highest BCUT2D eigenvalue weighted by atomic mass is 32.1. The van der Waals surface area contributed by atoms with Crippen LogP contribution in [0.5, 0.6) is 5.88 Å². The first-order chi connectivity index (χ1) is 10.6. The molecule has 0 amide bonds. The van der Waals surface area contributed by atoms with E-state index in [-0.39, 0.29) is 5.88 Å². The number of rotatable bonds is 3. The molecule has 0 bridgehead atoms. The van der Waals surface area contributed by atoms with Gasteiger partial charge in [0.15, 0.2) is 0 Å². The fourth-order valence-corrected chi connectivity index (χ4v) is 2.57. The fourth-order valence-electron chi connectivity index (χ4n) is 1.97. The van der Waals surface area contributed by atoms with E-state index in [2.05, 4.69) is 36.2 Å². The first-order valence-electron chi connectivity index (χ1n) is 6.80. The van der Waals surface area contributed by atoms with Gasteiger partial charge in [0, 0.05) is 11.6 Å². The summed E-state index contributed by atoms with van der Waals surface area (Å²) in [5.41, 5.74) is 4.18. The van der Waals surface area contributed by atoms with E-state index >= 15 is 0 Å². The zero-order chi connectivity index (χ0) is 15.5. The molecule has 3 aromatic rings. The summed E-state index contributed by atoms with van der Waals surface area (Å²) < 4.78 is 5.19. The highest BCUT2D eigenvalue weighted by Gasteiger charge is 2.11. The van der Waals surface area contributed by atoms with E-state index < -0.39 is 5.97 Å². The van der Waals surface area contributed by atoms with Crippen molar-refractivity contribution in [3.63, 3.8) is 0 Å². The van der Waals surface area contributed by atoms with Crippen molar-refractivity contribution in [1.82, 2.24) is 10.2 Å². The normalized spacial score (nSPS) is 10.5. The van der Waals surface area contributed by atoms with Crippen molar-refractivity contribution < 1.29 is 9.53 Å². The minimum atomic E-state index is -0.414. The van der Waals surface area contributed by atoms with Gasteiger partial charge in [0.05, 0.1) is 5.69 Å². The Morgan fingerprint density at radius 1 is 1.05 bits per heavy atom. The summed E-state index contributed by atoms with van der Waals surface area (Å²) >= 11 is 1.33. The molecule has 0 atom stereocenters. The second kappa shape index (κ2) is 6.07. The Bertz CT molecular complexity index is 796. The van der Waals surface area contributed by atoms with Crippen LogP contribution in [0.25, 0.3) is 11.3 Å². The number of benzene rings is 1. The molecule has 0 saturated carbocycles. The van der Waals surface area contributed by atoms with Crippen LogP contribution in [-0.2, 0) is 0 Å². The van der Waals surface area contributed by atoms with Gasteiger partial charge < -0.3 is 4.74 Å². The fraction of sp³-hybridized carbons (Fsp3) is 0.118. The predicted octanol–water partition coefficient (Wildman–Crippen LogP) is 4.04. The third kappa shape index (κ3) is 3.04. The second-order valence-electron chi connectivity index (χ2n) is 4.92. The van der Waals surface area contributed by atoms with E-state index in [1.54, 1.807) is 24.3 Å². The molecule has 0 aliphatic heterocycles. The van der Waals surface area contributed by atoms with Gasteiger partial charge in [-0.2, -0.15) is 0 Å². The van der Waals surface area contributed by atoms with Gasteiger partial charge in [-0.15, -0.1) is 21.5 Å². The Morgan fingerprint density at radius 3 is 2.55 bits per heavy atom. The van der Waals surface area contributed by atoms with Crippen LogP contribution in [0.3, 0.4) is 0 Å². The van der Waals surface area contributed by atoms with Crippen LogP contribution in [0, 0.1) is 13.8 Å². The van der Waals surface area contributed by atoms with Crippen molar-refractivity contribution in [3.05, 3.63) is 63.8 Å². The van der Waals surface area contributed by atoms with Crippen molar-refractivity contribution in [2.45, 2.75) is 13.8 Å².